The molecular formula is C17H21N3O2. The molecule has 0 spiro atoms. The van der Waals surface area contributed by atoms with E-state index in [9.17, 15) is 4.79 Å². The van der Waals surface area contributed by atoms with E-state index in [4.69, 9.17) is 4.74 Å². The summed E-state index contributed by atoms with van der Waals surface area (Å²) in [5, 5.41) is 3.10. The molecule has 0 saturated carbocycles. The van der Waals surface area contributed by atoms with Gasteiger partial charge in [0.25, 0.3) is 5.91 Å². The van der Waals surface area contributed by atoms with Crippen molar-refractivity contribution in [3.8, 4) is 5.75 Å². The summed E-state index contributed by atoms with van der Waals surface area (Å²) in [5.41, 5.74) is 1.83. The molecule has 1 aliphatic rings. The fraction of sp³-hybridized carbons (Fsp3) is 0.412. The molecule has 0 bridgehead atoms. The summed E-state index contributed by atoms with van der Waals surface area (Å²) < 4.78 is 7.57. The van der Waals surface area contributed by atoms with E-state index in [1.807, 2.05) is 29.0 Å². The summed E-state index contributed by atoms with van der Waals surface area (Å²) in [7, 11) is 0. The Morgan fingerprint density at radius 1 is 1.50 bits per heavy atom. The number of aryl methyl sites for hydroxylation is 1. The van der Waals surface area contributed by atoms with Gasteiger partial charge in [-0.15, -0.1) is 0 Å². The van der Waals surface area contributed by atoms with Gasteiger partial charge in [-0.1, -0.05) is 6.92 Å². The molecule has 5 heteroatoms. The van der Waals surface area contributed by atoms with Gasteiger partial charge < -0.3 is 14.6 Å². The van der Waals surface area contributed by atoms with Gasteiger partial charge in [0.2, 0.25) is 0 Å². The highest BCUT2D eigenvalue weighted by molar-refractivity contribution is 5.94. The van der Waals surface area contributed by atoms with Crippen LogP contribution in [-0.4, -0.2) is 28.1 Å². The maximum Gasteiger partial charge on any atom is 0.251 e. The third-order valence-corrected chi connectivity index (χ3v) is 3.99. The standard InChI is InChI=1S/C17H21N3O2/c1-2-15(11-20-8-7-18-12-20)19-17(21)14-5-6-16-13(10-14)4-3-9-22-16/h5-8,10,12,15H,2-4,9,11H2,1H3,(H,19,21). The number of amides is 1. The van der Waals surface area contributed by atoms with Gasteiger partial charge in [-0.25, -0.2) is 4.98 Å². The first-order chi connectivity index (χ1) is 10.8. The van der Waals surface area contributed by atoms with Crippen molar-refractivity contribution in [2.75, 3.05) is 6.61 Å². The molecule has 1 unspecified atom stereocenters. The van der Waals surface area contributed by atoms with Gasteiger partial charge in [0.15, 0.2) is 0 Å². The van der Waals surface area contributed by atoms with E-state index in [-0.39, 0.29) is 11.9 Å². The number of rotatable bonds is 5. The highest BCUT2D eigenvalue weighted by Gasteiger charge is 2.16. The third-order valence-electron chi connectivity index (χ3n) is 3.99. The lowest BCUT2D eigenvalue weighted by atomic mass is 10.0. The number of ether oxygens (including phenoxy) is 1. The smallest absolute Gasteiger partial charge is 0.251 e. The number of carbonyl (C=O) groups excluding carboxylic acids is 1. The first kappa shape index (κ1) is 14.6. The maximum absolute atomic E-state index is 12.5. The average Bonchev–Trinajstić information content (AvgIpc) is 3.06. The lowest BCUT2D eigenvalue weighted by molar-refractivity contribution is 0.0931. The molecule has 0 fully saturated rings. The molecule has 0 radical (unpaired) electrons. The minimum absolute atomic E-state index is 0.0275. The average molecular weight is 299 g/mol. The van der Waals surface area contributed by atoms with Gasteiger partial charge in [0.1, 0.15) is 5.75 Å². The van der Waals surface area contributed by atoms with E-state index in [2.05, 4.69) is 17.2 Å². The minimum Gasteiger partial charge on any atom is -0.493 e. The molecule has 1 aliphatic heterocycles. The van der Waals surface area contributed by atoms with Crippen LogP contribution < -0.4 is 10.1 Å². The molecule has 1 atom stereocenters. The molecule has 0 saturated heterocycles. The lowest BCUT2D eigenvalue weighted by Crippen LogP contribution is -2.37. The van der Waals surface area contributed by atoms with E-state index in [1.165, 1.54) is 0 Å². The van der Waals surface area contributed by atoms with Crippen LogP contribution in [0.15, 0.2) is 36.9 Å². The molecule has 116 valence electrons. The van der Waals surface area contributed by atoms with Crippen molar-refractivity contribution in [1.29, 1.82) is 0 Å². The Morgan fingerprint density at radius 2 is 2.41 bits per heavy atom. The summed E-state index contributed by atoms with van der Waals surface area (Å²) in [4.78, 5) is 16.5. The Morgan fingerprint density at radius 3 is 3.18 bits per heavy atom. The van der Waals surface area contributed by atoms with Crippen molar-refractivity contribution >= 4 is 5.91 Å². The fourth-order valence-electron chi connectivity index (χ4n) is 2.70. The monoisotopic (exact) mass is 299 g/mol. The second-order valence-corrected chi connectivity index (χ2v) is 5.61. The number of hydrogen-bond acceptors (Lipinski definition) is 3. The highest BCUT2D eigenvalue weighted by Crippen LogP contribution is 2.25. The first-order valence-corrected chi connectivity index (χ1v) is 7.78. The number of benzene rings is 1. The van der Waals surface area contributed by atoms with E-state index in [0.717, 1.165) is 43.7 Å². The maximum atomic E-state index is 12.5. The summed E-state index contributed by atoms with van der Waals surface area (Å²) in [6.45, 7) is 3.57. The number of nitrogens with zero attached hydrogens (tertiary/aromatic N) is 2. The number of hydrogen-bond donors (Lipinski definition) is 1. The van der Waals surface area contributed by atoms with E-state index in [0.29, 0.717) is 5.56 Å². The molecule has 1 aromatic carbocycles. The predicted octanol–water partition coefficient (Wildman–Crippen LogP) is 2.42. The van der Waals surface area contributed by atoms with Crippen LogP contribution in [-0.2, 0) is 13.0 Å². The van der Waals surface area contributed by atoms with Crippen LogP contribution in [0.3, 0.4) is 0 Å². The molecular weight excluding hydrogens is 278 g/mol. The number of aromatic nitrogens is 2. The Labute approximate surface area is 130 Å². The summed E-state index contributed by atoms with van der Waals surface area (Å²) in [6, 6.07) is 5.78. The van der Waals surface area contributed by atoms with Crippen molar-refractivity contribution in [3.63, 3.8) is 0 Å². The molecule has 5 nitrogen and oxygen atoms in total. The van der Waals surface area contributed by atoms with Gasteiger partial charge in [-0.3, -0.25) is 4.79 Å². The molecule has 1 amide bonds. The van der Waals surface area contributed by atoms with Gasteiger partial charge in [-0.05, 0) is 43.0 Å². The normalized spacial score (nSPS) is 14.8. The molecule has 2 aromatic rings. The molecule has 22 heavy (non-hydrogen) atoms. The Kier molecular flexibility index (Phi) is 4.42. The van der Waals surface area contributed by atoms with Crippen LogP contribution in [0.5, 0.6) is 5.75 Å². The van der Waals surface area contributed by atoms with Crippen LogP contribution in [0.2, 0.25) is 0 Å². The molecule has 1 N–H and O–H groups in total. The molecule has 2 heterocycles. The summed E-state index contributed by atoms with van der Waals surface area (Å²) in [5.74, 6) is 0.883. The zero-order valence-corrected chi connectivity index (χ0v) is 12.8. The van der Waals surface area contributed by atoms with Crippen LogP contribution in [0.4, 0.5) is 0 Å². The SMILES string of the molecule is CCC(Cn1ccnc1)NC(=O)c1ccc2c(c1)CCCO2. The van der Waals surface area contributed by atoms with Gasteiger partial charge in [0.05, 0.1) is 12.9 Å². The molecule has 3 rings (SSSR count). The third kappa shape index (κ3) is 3.30. The largest absolute Gasteiger partial charge is 0.493 e. The zero-order chi connectivity index (χ0) is 15.4. The number of nitrogens with one attached hydrogen (secondary N) is 1. The van der Waals surface area contributed by atoms with Crippen LogP contribution in [0.1, 0.15) is 35.7 Å². The minimum atomic E-state index is -0.0275. The Bertz CT molecular complexity index is 637. The van der Waals surface area contributed by atoms with Crippen molar-refractivity contribution < 1.29 is 9.53 Å². The first-order valence-electron chi connectivity index (χ1n) is 7.78. The fourth-order valence-corrected chi connectivity index (χ4v) is 2.70. The van der Waals surface area contributed by atoms with Crippen LogP contribution in [0.25, 0.3) is 0 Å². The molecule has 0 aliphatic carbocycles. The zero-order valence-electron chi connectivity index (χ0n) is 12.8. The summed E-state index contributed by atoms with van der Waals surface area (Å²) >= 11 is 0. The second-order valence-electron chi connectivity index (χ2n) is 5.61. The van der Waals surface area contributed by atoms with Crippen molar-refractivity contribution in [3.05, 3.63) is 48.0 Å². The number of fused-ring (bicyclic) bond motifs is 1. The summed E-state index contributed by atoms with van der Waals surface area (Å²) in [6.07, 6.45) is 8.28. The van der Waals surface area contributed by atoms with Gasteiger partial charge >= 0.3 is 0 Å². The number of imidazole rings is 1. The van der Waals surface area contributed by atoms with E-state index >= 15 is 0 Å². The predicted molar refractivity (Wildman–Crippen MR) is 84.0 cm³/mol. The van der Waals surface area contributed by atoms with Gasteiger partial charge in [0, 0.05) is 30.5 Å². The van der Waals surface area contributed by atoms with Crippen molar-refractivity contribution in [2.45, 2.75) is 38.8 Å². The van der Waals surface area contributed by atoms with E-state index in [1.54, 1.807) is 12.5 Å². The van der Waals surface area contributed by atoms with E-state index < -0.39 is 0 Å². The quantitative estimate of drug-likeness (QED) is 0.922. The second kappa shape index (κ2) is 6.64. The van der Waals surface area contributed by atoms with Crippen LogP contribution in [0, 0.1) is 0 Å². The van der Waals surface area contributed by atoms with Crippen molar-refractivity contribution in [1.82, 2.24) is 14.9 Å². The van der Waals surface area contributed by atoms with Crippen LogP contribution >= 0.6 is 0 Å². The topological polar surface area (TPSA) is 56.2 Å². The highest BCUT2D eigenvalue weighted by atomic mass is 16.5. The van der Waals surface area contributed by atoms with Crippen molar-refractivity contribution in [2.24, 2.45) is 0 Å². The lowest BCUT2D eigenvalue weighted by Gasteiger charge is -2.20. The Balaban J connectivity index is 1.67. The molecule has 1 aromatic heterocycles. The number of carbonyl (C=O) groups is 1. The Hall–Kier alpha value is -2.30. The van der Waals surface area contributed by atoms with Gasteiger partial charge in [-0.2, -0.15) is 0 Å².